The van der Waals surface area contributed by atoms with E-state index in [4.69, 9.17) is 13.7 Å². The number of hydrogen-bond donors (Lipinski definition) is 0. The van der Waals surface area contributed by atoms with Gasteiger partial charge < -0.3 is 13.7 Å². The minimum absolute atomic E-state index is 0.0661. The second kappa shape index (κ2) is 16.3. The summed E-state index contributed by atoms with van der Waals surface area (Å²) in [7, 11) is -3.41. The minimum Gasteiger partial charge on any atom is -0.520 e. The van der Waals surface area contributed by atoms with Crippen LogP contribution in [0.3, 0.4) is 0 Å². The Bertz CT molecular complexity index is 758. The largest absolute Gasteiger partial charge is 0.520 e. The maximum atomic E-state index is 11.9. The third-order valence-corrected chi connectivity index (χ3v) is 7.29. The number of allylic oxidation sites excluding steroid dienone is 5. The van der Waals surface area contributed by atoms with E-state index in [1.807, 2.05) is 26.6 Å². The van der Waals surface area contributed by atoms with Gasteiger partial charge in [-0.25, -0.2) is 0 Å². The predicted octanol–water partition coefficient (Wildman–Crippen LogP) is 8.32. The minimum atomic E-state index is -1.79. The number of nitrogens with zero attached hydrogens (tertiary/aromatic N) is 1. The number of hydrogen-bond acceptors (Lipinski definition) is 5. The Morgan fingerprint density at radius 3 is 2.37 bits per heavy atom. The molecule has 0 radical (unpaired) electrons. The maximum absolute atomic E-state index is 11.9. The SMILES string of the molecule is CCCCC[C@@H](/C=C/C1=C(C/C=C\CCCC(=O)O[Si](C)(C)C)C(=NOCC)CC1)O[Si](C)(C)C. The van der Waals surface area contributed by atoms with Gasteiger partial charge in [0.25, 0.3) is 5.97 Å². The molecule has 1 atom stereocenters. The Morgan fingerprint density at radius 1 is 1.00 bits per heavy atom. The lowest BCUT2D eigenvalue weighted by Gasteiger charge is -2.24. The number of carbonyl (C=O) groups is 1. The fraction of sp³-hybridized carbons (Fsp3) is 0.714. The van der Waals surface area contributed by atoms with Crippen LogP contribution in [0.25, 0.3) is 0 Å². The molecule has 5 nitrogen and oxygen atoms in total. The highest BCUT2D eigenvalue weighted by molar-refractivity contribution is 6.71. The monoisotopic (exact) mass is 521 g/mol. The third kappa shape index (κ3) is 15.3. The Labute approximate surface area is 217 Å². The van der Waals surface area contributed by atoms with E-state index >= 15 is 0 Å². The zero-order chi connectivity index (χ0) is 26.3. The van der Waals surface area contributed by atoms with E-state index in [0.29, 0.717) is 13.0 Å². The summed E-state index contributed by atoms with van der Waals surface area (Å²) >= 11 is 0. The quantitative estimate of drug-likeness (QED) is 0.0835. The van der Waals surface area contributed by atoms with Gasteiger partial charge in [0.05, 0.1) is 11.8 Å². The van der Waals surface area contributed by atoms with Gasteiger partial charge in [0.2, 0.25) is 8.32 Å². The van der Waals surface area contributed by atoms with Crippen LogP contribution in [0, 0.1) is 0 Å². The lowest BCUT2D eigenvalue weighted by atomic mass is 10.0. The average molecular weight is 522 g/mol. The van der Waals surface area contributed by atoms with E-state index in [-0.39, 0.29) is 12.1 Å². The van der Waals surface area contributed by atoms with Crippen LogP contribution in [0.5, 0.6) is 0 Å². The van der Waals surface area contributed by atoms with E-state index in [1.165, 1.54) is 30.4 Å². The molecule has 0 aliphatic heterocycles. The van der Waals surface area contributed by atoms with Crippen molar-refractivity contribution < 1.29 is 18.5 Å². The molecule has 0 aromatic carbocycles. The van der Waals surface area contributed by atoms with Gasteiger partial charge in [-0.3, -0.25) is 4.79 Å². The smallest absolute Gasteiger partial charge is 0.292 e. The molecule has 1 aliphatic rings. The summed E-state index contributed by atoms with van der Waals surface area (Å²) in [4.78, 5) is 17.3. The molecule has 0 fully saturated rings. The third-order valence-electron chi connectivity index (χ3n) is 5.44. The highest BCUT2D eigenvalue weighted by Gasteiger charge is 2.22. The van der Waals surface area contributed by atoms with Crippen molar-refractivity contribution in [1.82, 2.24) is 0 Å². The molecule has 200 valence electrons. The summed E-state index contributed by atoms with van der Waals surface area (Å²) < 4.78 is 12.0. The molecule has 35 heavy (non-hydrogen) atoms. The first kappa shape index (κ1) is 31.6. The van der Waals surface area contributed by atoms with Gasteiger partial charge in [-0.2, -0.15) is 0 Å². The normalized spacial score (nSPS) is 17.2. The zero-order valence-electron chi connectivity index (χ0n) is 23.7. The van der Waals surface area contributed by atoms with Gasteiger partial charge in [-0.1, -0.05) is 55.6 Å². The van der Waals surface area contributed by atoms with Crippen molar-refractivity contribution >= 4 is 28.3 Å². The predicted molar refractivity (Wildman–Crippen MR) is 154 cm³/mol. The first-order valence-corrected chi connectivity index (χ1v) is 20.4. The number of carbonyl (C=O) groups excluding carboxylic acids is 1. The summed E-state index contributed by atoms with van der Waals surface area (Å²) in [5.41, 5.74) is 3.67. The molecule has 0 aromatic heterocycles. The van der Waals surface area contributed by atoms with Gasteiger partial charge in [-0.15, -0.1) is 0 Å². The lowest BCUT2D eigenvalue weighted by Crippen LogP contribution is -2.31. The summed E-state index contributed by atoms with van der Waals surface area (Å²) in [5, 5.41) is 4.40. The topological polar surface area (TPSA) is 57.1 Å². The summed E-state index contributed by atoms with van der Waals surface area (Å²) in [6.45, 7) is 17.7. The molecule has 0 amide bonds. The Balaban J connectivity index is 2.83. The molecule has 0 saturated heterocycles. The van der Waals surface area contributed by atoms with Crippen LogP contribution in [0.2, 0.25) is 39.3 Å². The fourth-order valence-corrected chi connectivity index (χ4v) is 5.85. The Hall–Kier alpha value is -1.45. The zero-order valence-corrected chi connectivity index (χ0v) is 25.7. The summed E-state index contributed by atoms with van der Waals surface area (Å²) in [6.07, 6.45) is 18.8. The van der Waals surface area contributed by atoms with Crippen molar-refractivity contribution in [3.63, 3.8) is 0 Å². The molecule has 0 bridgehead atoms. The Morgan fingerprint density at radius 2 is 1.74 bits per heavy atom. The number of oxime groups is 1. The van der Waals surface area contributed by atoms with E-state index in [9.17, 15) is 4.79 Å². The first-order chi connectivity index (χ1) is 16.4. The van der Waals surface area contributed by atoms with Crippen LogP contribution in [0.15, 0.2) is 40.6 Å². The van der Waals surface area contributed by atoms with Crippen molar-refractivity contribution in [3.8, 4) is 0 Å². The van der Waals surface area contributed by atoms with E-state index in [0.717, 1.165) is 44.2 Å². The van der Waals surface area contributed by atoms with E-state index < -0.39 is 16.6 Å². The average Bonchev–Trinajstić information content (AvgIpc) is 3.12. The molecule has 0 unspecified atom stereocenters. The molecule has 7 heteroatoms. The van der Waals surface area contributed by atoms with Crippen molar-refractivity contribution in [2.45, 2.75) is 123 Å². The van der Waals surface area contributed by atoms with Crippen LogP contribution in [0.4, 0.5) is 0 Å². The van der Waals surface area contributed by atoms with Gasteiger partial charge in [0, 0.05) is 6.42 Å². The molecule has 0 aromatic rings. The number of unbranched alkanes of at least 4 members (excludes halogenated alkanes) is 3. The lowest BCUT2D eigenvalue weighted by molar-refractivity contribution is -0.135. The van der Waals surface area contributed by atoms with Crippen molar-refractivity contribution in [2.24, 2.45) is 5.16 Å². The van der Waals surface area contributed by atoms with Gasteiger partial charge in [0.15, 0.2) is 8.32 Å². The highest BCUT2D eigenvalue weighted by Crippen LogP contribution is 2.29. The fourth-order valence-electron chi connectivity index (χ4n) is 3.96. The molecule has 1 aliphatic carbocycles. The van der Waals surface area contributed by atoms with E-state index in [1.54, 1.807) is 0 Å². The summed E-state index contributed by atoms with van der Waals surface area (Å²) in [5.74, 6) is -0.0661. The maximum Gasteiger partial charge on any atom is 0.292 e. The highest BCUT2D eigenvalue weighted by atomic mass is 28.4. The van der Waals surface area contributed by atoms with E-state index in [2.05, 4.69) is 56.0 Å². The van der Waals surface area contributed by atoms with Gasteiger partial charge in [-0.05, 0) is 95.9 Å². The molecule has 0 N–H and O–H groups in total. The van der Waals surface area contributed by atoms with Crippen molar-refractivity contribution in [3.05, 3.63) is 35.5 Å². The van der Waals surface area contributed by atoms with Crippen LogP contribution < -0.4 is 0 Å². The van der Waals surface area contributed by atoms with Crippen LogP contribution in [-0.2, 0) is 18.5 Å². The molecular weight excluding hydrogens is 470 g/mol. The van der Waals surface area contributed by atoms with Crippen molar-refractivity contribution in [1.29, 1.82) is 0 Å². The second-order valence-corrected chi connectivity index (χ2v) is 20.1. The number of rotatable bonds is 17. The molecule has 1 rings (SSSR count). The van der Waals surface area contributed by atoms with Gasteiger partial charge in [0.1, 0.15) is 6.61 Å². The van der Waals surface area contributed by atoms with Crippen LogP contribution >= 0.6 is 0 Å². The molecular formula is C28H51NO4Si2. The van der Waals surface area contributed by atoms with Crippen LogP contribution in [-0.4, -0.2) is 41.0 Å². The standard InChI is InChI=1S/C28H51NO4Si2/c1-9-11-14-17-25(32-34(3,4)5)22-20-24-21-23-27(29-31-10-2)26(24)18-15-12-13-16-19-28(30)33-35(6,7)8/h12,15,20,22,25H,9-11,13-14,16-19,21,23H2,1-8H3/b15-12-,22-20+,29-27?/t25-/m0/s1. The molecule has 0 saturated carbocycles. The Kier molecular flexibility index (Phi) is 14.7. The molecule has 0 spiro atoms. The summed E-state index contributed by atoms with van der Waals surface area (Å²) in [6, 6.07) is 0. The van der Waals surface area contributed by atoms with Crippen molar-refractivity contribution in [2.75, 3.05) is 6.61 Å². The molecule has 0 heterocycles. The second-order valence-electron chi connectivity index (χ2n) is 11.2. The van der Waals surface area contributed by atoms with Crippen LogP contribution in [0.1, 0.15) is 78.1 Å². The van der Waals surface area contributed by atoms with Gasteiger partial charge >= 0.3 is 0 Å². The first-order valence-electron chi connectivity index (χ1n) is 13.6.